The summed E-state index contributed by atoms with van der Waals surface area (Å²) in [5, 5.41) is 0. The summed E-state index contributed by atoms with van der Waals surface area (Å²) in [5.41, 5.74) is 3.60. The fraction of sp³-hybridized carbons (Fsp3) is 0.312. The van der Waals surface area contributed by atoms with E-state index in [1.165, 1.54) is 0 Å². The van der Waals surface area contributed by atoms with Crippen molar-refractivity contribution in [1.29, 1.82) is 0 Å². The second kappa shape index (κ2) is 5.38. The lowest BCUT2D eigenvalue weighted by Crippen LogP contribution is -2.36. The molecule has 0 unspecified atom stereocenters. The molecule has 2 aromatic rings. The van der Waals surface area contributed by atoms with Crippen LogP contribution in [0, 0.1) is 0 Å². The van der Waals surface area contributed by atoms with Gasteiger partial charge in [0.2, 0.25) is 5.56 Å². The van der Waals surface area contributed by atoms with Gasteiger partial charge in [-0.3, -0.25) is 9.79 Å². The lowest BCUT2D eigenvalue weighted by Gasteiger charge is -2.28. The Labute approximate surface area is 127 Å². The van der Waals surface area contributed by atoms with Gasteiger partial charge in [0.05, 0.1) is 31.2 Å². The number of rotatable bonds is 2. The van der Waals surface area contributed by atoms with E-state index in [0.29, 0.717) is 6.54 Å². The van der Waals surface area contributed by atoms with Crippen LogP contribution in [0.3, 0.4) is 0 Å². The summed E-state index contributed by atoms with van der Waals surface area (Å²) >= 11 is 0. The van der Waals surface area contributed by atoms with Crippen molar-refractivity contribution in [1.82, 2.24) is 9.97 Å². The number of aromatic nitrogens is 2. The molecule has 1 saturated heterocycles. The maximum absolute atomic E-state index is 11.6. The predicted octanol–water partition coefficient (Wildman–Crippen LogP) is 0.957. The van der Waals surface area contributed by atoms with Gasteiger partial charge >= 0.3 is 0 Å². The highest BCUT2D eigenvalue weighted by Gasteiger charge is 2.20. The Bertz CT molecular complexity index is 791. The number of H-pyrrole nitrogens is 1. The van der Waals surface area contributed by atoms with Crippen molar-refractivity contribution >= 4 is 11.5 Å². The van der Waals surface area contributed by atoms with E-state index in [0.717, 1.165) is 54.7 Å². The van der Waals surface area contributed by atoms with Crippen molar-refractivity contribution in [2.24, 2.45) is 4.99 Å². The van der Waals surface area contributed by atoms with Crippen LogP contribution in [0.2, 0.25) is 0 Å². The fourth-order valence-corrected chi connectivity index (χ4v) is 2.86. The minimum absolute atomic E-state index is 0.101. The minimum atomic E-state index is -0.101. The molecule has 0 atom stereocenters. The SMILES string of the molecule is O=c1ccc2c([nH]1)C(c1ccnc(N3CCOCC3)c1)=NC2. The Morgan fingerprint density at radius 1 is 1.18 bits per heavy atom. The molecule has 1 N–H and O–H groups in total. The molecule has 0 aromatic carbocycles. The quantitative estimate of drug-likeness (QED) is 0.896. The van der Waals surface area contributed by atoms with E-state index in [9.17, 15) is 4.79 Å². The number of morpholine rings is 1. The van der Waals surface area contributed by atoms with Crippen LogP contribution < -0.4 is 10.5 Å². The second-order valence-corrected chi connectivity index (χ2v) is 5.39. The van der Waals surface area contributed by atoms with E-state index in [2.05, 4.69) is 19.9 Å². The maximum Gasteiger partial charge on any atom is 0.248 e. The van der Waals surface area contributed by atoms with Gasteiger partial charge in [-0.05, 0) is 23.8 Å². The zero-order valence-corrected chi connectivity index (χ0v) is 12.1. The van der Waals surface area contributed by atoms with Crippen LogP contribution in [-0.2, 0) is 11.3 Å². The van der Waals surface area contributed by atoms with Crippen molar-refractivity contribution < 1.29 is 4.74 Å². The standard InChI is InChI=1S/C16H16N4O2/c21-14-2-1-12-10-18-15(16(12)19-14)11-3-4-17-13(9-11)20-5-7-22-8-6-20/h1-4,9H,5-8,10H2,(H,19,21). The van der Waals surface area contributed by atoms with E-state index in [4.69, 9.17) is 4.74 Å². The lowest BCUT2D eigenvalue weighted by atomic mass is 10.1. The second-order valence-electron chi connectivity index (χ2n) is 5.39. The summed E-state index contributed by atoms with van der Waals surface area (Å²) in [6.07, 6.45) is 1.79. The first kappa shape index (κ1) is 13.2. The van der Waals surface area contributed by atoms with Gasteiger partial charge in [-0.1, -0.05) is 0 Å². The zero-order chi connectivity index (χ0) is 14.9. The van der Waals surface area contributed by atoms with E-state index in [-0.39, 0.29) is 5.56 Å². The van der Waals surface area contributed by atoms with Crippen LogP contribution in [0.15, 0.2) is 40.2 Å². The van der Waals surface area contributed by atoms with Gasteiger partial charge in [0.25, 0.3) is 0 Å². The first-order chi connectivity index (χ1) is 10.8. The third-order valence-electron chi connectivity index (χ3n) is 4.00. The van der Waals surface area contributed by atoms with Crippen LogP contribution >= 0.6 is 0 Å². The smallest absolute Gasteiger partial charge is 0.248 e. The van der Waals surface area contributed by atoms with Crippen LogP contribution in [0.1, 0.15) is 16.8 Å². The van der Waals surface area contributed by atoms with Gasteiger partial charge in [0.1, 0.15) is 5.82 Å². The molecule has 4 rings (SSSR count). The molecule has 6 heteroatoms. The predicted molar refractivity (Wildman–Crippen MR) is 83.7 cm³/mol. The van der Waals surface area contributed by atoms with Crippen molar-refractivity contribution in [3.63, 3.8) is 0 Å². The molecule has 0 saturated carbocycles. The third-order valence-corrected chi connectivity index (χ3v) is 4.00. The summed E-state index contributed by atoms with van der Waals surface area (Å²) in [7, 11) is 0. The topological polar surface area (TPSA) is 70.6 Å². The highest BCUT2D eigenvalue weighted by molar-refractivity contribution is 6.14. The molecule has 1 fully saturated rings. The largest absolute Gasteiger partial charge is 0.378 e. The van der Waals surface area contributed by atoms with E-state index >= 15 is 0 Å². The average molecular weight is 296 g/mol. The maximum atomic E-state index is 11.6. The summed E-state index contributed by atoms with van der Waals surface area (Å²) in [5.74, 6) is 0.926. The molecule has 0 radical (unpaired) electrons. The fourth-order valence-electron chi connectivity index (χ4n) is 2.86. The van der Waals surface area contributed by atoms with Gasteiger partial charge in [0.15, 0.2) is 0 Å². The monoisotopic (exact) mass is 296 g/mol. The molecule has 2 aliphatic heterocycles. The number of nitrogens with one attached hydrogen (secondary N) is 1. The summed E-state index contributed by atoms with van der Waals surface area (Å²) in [6, 6.07) is 7.35. The molecular formula is C16H16N4O2. The lowest BCUT2D eigenvalue weighted by molar-refractivity contribution is 0.122. The van der Waals surface area contributed by atoms with Crippen LogP contribution in [0.5, 0.6) is 0 Å². The average Bonchev–Trinajstić information content (AvgIpc) is 2.99. The summed E-state index contributed by atoms with van der Waals surface area (Å²) in [4.78, 5) is 25.7. The number of ether oxygens (including phenoxy) is 1. The minimum Gasteiger partial charge on any atom is -0.378 e. The Morgan fingerprint density at radius 3 is 2.91 bits per heavy atom. The van der Waals surface area contributed by atoms with Crippen molar-refractivity contribution in [3.8, 4) is 0 Å². The molecular weight excluding hydrogens is 280 g/mol. The molecule has 2 aromatic heterocycles. The van der Waals surface area contributed by atoms with Crippen LogP contribution in [0.25, 0.3) is 0 Å². The molecule has 2 aliphatic rings. The Kier molecular flexibility index (Phi) is 3.23. The molecule has 0 spiro atoms. The molecule has 6 nitrogen and oxygen atoms in total. The number of pyridine rings is 2. The van der Waals surface area contributed by atoms with Crippen molar-refractivity contribution in [3.05, 3.63) is 57.6 Å². The molecule has 0 aliphatic carbocycles. The Morgan fingerprint density at radius 2 is 2.05 bits per heavy atom. The zero-order valence-electron chi connectivity index (χ0n) is 12.1. The Hall–Kier alpha value is -2.47. The first-order valence-corrected chi connectivity index (χ1v) is 7.37. The normalized spacial score (nSPS) is 17.3. The van der Waals surface area contributed by atoms with E-state index in [1.54, 1.807) is 12.3 Å². The van der Waals surface area contributed by atoms with Crippen molar-refractivity contribution in [2.45, 2.75) is 6.54 Å². The van der Waals surface area contributed by atoms with E-state index < -0.39 is 0 Å². The summed E-state index contributed by atoms with van der Waals surface area (Å²) in [6.45, 7) is 3.75. The summed E-state index contributed by atoms with van der Waals surface area (Å²) < 4.78 is 5.38. The molecule has 0 amide bonds. The van der Waals surface area contributed by atoms with Gasteiger partial charge in [-0.2, -0.15) is 0 Å². The number of nitrogens with zero attached hydrogens (tertiary/aromatic N) is 3. The molecule has 0 bridgehead atoms. The van der Waals surface area contributed by atoms with Gasteiger partial charge in [0, 0.05) is 30.9 Å². The number of hydrogen-bond donors (Lipinski definition) is 1. The molecule has 112 valence electrons. The number of aromatic amines is 1. The number of aliphatic imine (C=N–C) groups is 1. The van der Waals surface area contributed by atoms with Gasteiger partial charge in [-0.25, -0.2) is 4.98 Å². The number of anilines is 1. The van der Waals surface area contributed by atoms with Crippen LogP contribution in [-0.4, -0.2) is 42.0 Å². The van der Waals surface area contributed by atoms with Crippen LogP contribution in [0.4, 0.5) is 5.82 Å². The van der Waals surface area contributed by atoms with E-state index in [1.807, 2.05) is 18.2 Å². The number of hydrogen-bond acceptors (Lipinski definition) is 5. The van der Waals surface area contributed by atoms with Gasteiger partial charge < -0.3 is 14.6 Å². The highest BCUT2D eigenvalue weighted by atomic mass is 16.5. The van der Waals surface area contributed by atoms with Gasteiger partial charge in [-0.15, -0.1) is 0 Å². The molecule has 22 heavy (non-hydrogen) atoms. The van der Waals surface area contributed by atoms with Crippen molar-refractivity contribution in [2.75, 3.05) is 31.2 Å². The Balaban J connectivity index is 1.70. The number of fused-ring (bicyclic) bond motifs is 1. The highest BCUT2D eigenvalue weighted by Crippen LogP contribution is 2.22. The first-order valence-electron chi connectivity index (χ1n) is 7.37. The molecule has 4 heterocycles. The third kappa shape index (κ3) is 2.31.